The number of amides is 1. The van der Waals surface area contributed by atoms with Gasteiger partial charge in [-0.2, -0.15) is 12.6 Å². The van der Waals surface area contributed by atoms with Crippen molar-refractivity contribution in [2.45, 2.75) is 25.7 Å². The normalized spacial score (nSPS) is 23.8. The molecule has 0 atom stereocenters. The predicted molar refractivity (Wildman–Crippen MR) is 74.9 cm³/mol. The third kappa shape index (κ3) is 3.62. The Kier molecular flexibility index (Phi) is 4.92. The smallest absolute Gasteiger partial charge is 0.223 e. The molecule has 2 fully saturated rings. The molecule has 0 aromatic carbocycles. The molecule has 1 aliphatic carbocycles. The number of aliphatic hydroxyl groups is 1. The van der Waals surface area contributed by atoms with E-state index in [1.54, 1.807) is 0 Å². The van der Waals surface area contributed by atoms with Crippen LogP contribution in [-0.2, 0) is 4.79 Å². The molecule has 0 aromatic rings. The van der Waals surface area contributed by atoms with Crippen molar-refractivity contribution in [2.75, 3.05) is 45.1 Å². The number of β-amino-alcohol motifs (C(OH)–C–C–N with tert-alkyl or cyclic N) is 1. The molecule has 2 aliphatic rings. The Balaban J connectivity index is 1.80. The van der Waals surface area contributed by atoms with E-state index >= 15 is 0 Å². The van der Waals surface area contributed by atoms with Gasteiger partial charge in [-0.1, -0.05) is 0 Å². The minimum absolute atomic E-state index is 0.205. The SMILES string of the molecule is O=C(CC1(CS)CC1)N1CCCN(CCO)CC1. The van der Waals surface area contributed by atoms with Crippen LogP contribution in [0, 0.1) is 5.41 Å². The van der Waals surface area contributed by atoms with Crippen LogP contribution >= 0.6 is 12.6 Å². The first-order valence-corrected chi connectivity index (χ1v) is 7.54. The molecule has 0 aromatic heterocycles. The summed E-state index contributed by atoms with van der Waals surface area (Å²) in [4.78, 5) is 16.5. The fourth-order valence-corrected chi connectivity index (χ4v) is 3.01. The number of hydrogen-bond donors (Lipinski definition) is 2. The van der Waals surface area contributed by atoms with E-state index < -0.39 is 0 Å². The van der Waals surface area contributed by atoms with E-state index in [-0.39, 0.29) is 12.0 Å². The van der Waals surface area contributed by atoms with Crippen molar-refractivity contribution in [2.24, 2.45) is 5.41 Å². The quantitative estimate of drug-likeness (QED) is 0.721. The van der Waals surface area contributed by atoms with E-state index in [0.717, 1.165) is 57.7 Å². The van der Waals surface area contributed by atoms with Crippen molar-refractivity contribution in [3.8, 4) is 0 Å². The average Bonchev–Trinajstić information content (AvgIpc) is 3.14. The van der Waals surface area contributed by atoms with Crippen LogP contribution in [-0.4, -0.2) is 65.9 Å². The van der Waals surface area contributed by atoms with Crippen LogP contribution in [0.5, 0.6) is 0 Å². The predicted octanol–water partition coefficient (Wildman–Crippen LogP) is 0.613. The van der Waals surface area contributed by atoms with Crippen molar-refractivity contribution in [3.63, 3.8) is 0 Å². The summed E-state index contributed by atoms with van der Waals surface area (Å²) in [5.74, 6) is 1.14. The lowest BCUT2D eigenvalue weighted by Crippen LogP contribution is -2.37. The van der Waals surface area contributed by atoms with Crippen LogP contribution in [0.15, 0.2) is 0 Å². The minimum Gasteiger partial charge on any atom is -0.395 e. The Labute approximate surface area is 115 Å². The molecule has 0 radical (unpaired) electrons. The maximum Gasteiger partial charge on any atom is 0.223 e. The van der Waals surface area contributed by atoms with Crippen LogP contribution in [0.25, 0.3) is 0 Å². The van der Waals surface area contributed by atoms with Gasteiger partial charge < -0.3 is 10.0 Å². The van der Waals surface area contributed by atoms with Crippen LogP contribution < -0.4 is 0 Å². The second kappa shape index (κ2) is 6.26. The number of carbonyl (C=O) groups excluding carboxylic acids is 1. The fraction of sp³-hybridized carbons (Fsp3) is 0.923. The maximum absolute atomic E-state index is 12.3. The van der Waals surface area contributed by atoms with Gasteiger partial charge in [-0.25, -0.2) is 0 Å². The molecule has 1 N–H and O–H groups in total. The molecular weight excluding hydrogens is 248 g/mol. The highest BCUT2D eigenvalue weighted by Crippen LogP contribution is 2.49. The molecule has 1 saturated carbocycles. The van der Waals surface area contributed by atoms with Gasteiger partial charge in [0.05, 0.1) is 6.61 Å². The van der Waals surface area contributed by atoms with E-state index in [1.165, 1.54) is 0 Å². The standard InChI is InChI=1S/C13H24N2O2S/c16-9-8-14-4-1-5-15(7-6-14)12(17)10-13(11-18)2-3-13/h16,18H,1-11H2. The van der Waals surface area contributed by atoms with Gasteiger partial charge in [0.2, 0.25) is 5.91 Å². The summed E-state index contributed by atoms with van der Waals surface area (Å²) in [5.41, 5.74) is 0.220. The Bertz CT molecular complexity index is 295. The van der Waals surface area contributed by atoms with Gasteiger partial charge in [0.25, 0.3) is 0 Å². The largest absolute Gasteiger partial charge is 0.395 e. The molecule has 104 valence electrons. The lowest BCUT2D eigenvalue weighted by molar-refractivity contribution is -0.132. The lowest BCUT2D eigenvalue weighted by atomic mass is 10.0. The fourth-order valence-electron chi connectivity index (χ4n) is 2.59. The zero-order chi connectivity index (χ0) is 13.0. The summed E-state index contributed by atoms with van der Waals surface area (Å²) in [6.45, 7) is 4.48. The summed E-state index contributed by atoms with van der Waals surface area (Å²) in [6, 6.07) is 0. The van der Waals surface area contributed by atoms with E-state index in [1.807, 2.05) is 4.90 Å². The van der Waals surface area contributed by atoms with E-state index in [2.05, 4.69) is 17.5 Å². The van der Waals surface area contributed by atoms with E-state index in [4.69, 9.17) is 5.11 Å². The molecule has 18 heavy (non-hydrogen) atoms. The highest BCUT2D eigenvalue weighted by Gasteiger charge is 2.43. The maximum atomic E-state index is 12.3. The first-order chi connectivity index (χ1) is 8.69. The Morgan fingerprint density at radius 3 is 2.61 bits per heavy atom. The summed E-state index contributed by atoms with van der Waals surface area (Å²) in [6.07, 6.45) is 4.01. The van der Waals surface area contributed by atoms with E-state index in [9.17, 15) is 4.79 Å². The molecule has 5 heteroatoms. The van der Waals surface area contributed by atoms with E-state index in [0.29, 0.717) is 12.3 Å². The molecule has 1 heterocycles. The molecule has 0 spiro atoms. The minimum atomic E-state index is 0.205. The topological polar surface area (TPSA) is 43.8 Å². The molecule has 1 saturated heterocycles. The number of nitrogens with zero attached hydrogens (tertiary/aromatic N) is 2. The van der Waals surface area contributed by atoms with Crippen LogP contribution in [0.4, 0.5) is 0 Å². The van der Waals surface area contributed by atoms with Gasteiger partial charge in [0.15, 0.2) is 0 Å². The molecule has 1 amide bonds. The molecule has 0 bridgehead atoms. The zero-order valence-electron chi connectivity index (χ0n) is 11.0. The van der Waals surface area contributed by atoms with Gasteiger partial charge in [-0.3, -0.25) is 9.69 Å². The molecular formula is C13H24N2O2S. The highest BCUT2D eigenvalue weighted by molar-refractivity contribution is 7.80. The van der Waals surface area contributed by atoms with Crippen molar-refractivity contribution in [3.05, 3.63) is 0 Å². The number of rotatable bonds is 5. The monoisotopic (exact) mass is 272 g/mol. The summed E-state index contributed by atoms with van der Waals surface area (Å²) >= 11 is 4.36. The van der Waals surface area contributed by atoms with Crippen LogP contribution in [0.2, 0.25) is 0 Å². The van der Waals surface area contributed by atoms with Gasteiger partial charge in [-0.15, -0.1) is 0 Å². The molecule has 1 aliphatic heterocycles. The van der Waals surface area contributed by atoms with Crippen LogP contribution in [0.1, 0.15) is 25.7 Å². The third-order valence-electron chi connectivity index (χ3n) is 4.18. The van der Waals surface area contributed by atoms with Gasteiger partial charge in [0.1, 0.15) is 0 Å². The number of carbonyl (C=O) groups is 1. The average molecular weight is 272 g/mol. The second-order valence-corrected chi connectivity index (χ2v) is 5.95. The summed E-state index contributed by atoms with van der Waals surface area (Å²) in [5, 5.41) is 8.95. The summed E-state index contributed by atoms with van der Waals surface area (Å²) in [7, 11) is 0. The number of thiol groups is 1. The van der Waals surface area contributed by atoms with Crippen molar-refractivity contribution in [1.29, 1.82) is 0 Å². The Morgan fingerprint density at radius 2 is 2.00 bits per heavy atom. The lowest BCUT2D eigenvalue weighted by Gasteiger charge is -2.23. The van der Waals surface area contributed by atoms with Gasteiger partial charge >= 0.3 is 0 Å². The number of aliphatic hydroxyl groups excluding tert-OH is 1. The third-order valence-corrected chi connectivity index (χ3v) is 4.85. The second-order valence-electron chi connectivity index (χ2n) is 5.63. The summed E-state index contributed by atoms with van der Waals surface area (Å²) < 4.78 is 0. The number of hydrogen-bond acceptors (Lipinski definition) is 4. The van der Waals surface area contributed by atoms with Crippen molar-refractivity contribution < 1.29 is 9.90 Å². The Hall–Kier alpha value is -0.260. The molecule has 2 rings (SSSR count). The van der Waals surface area contributed by atoms with Crippen molar-refractivity contribution >= 4 is 18.5 Å². The Morgan fingerprint density at radius 1 is 1.22 bits per heavy atom. The highest BCUT2D eigenvalue weighted by atomic mass is 32.1. The molecule has 0 unspecified atom stereocenters. The molecule has 4 nitrogen and oxygen atoms in total. The first-order valence-electron chi connectivity index (χ1n) is 6.91. The van der Waals surface area contributed by atoms with Crippen molar-refractivity contribution in [1.82, 2.24) is 9.80 Å². The zero-order valence-corrected chi connectivity index (χ0v) is 11.9. The van der Waals surface area contributed by atoms with Crippen LogP contribution in [0.3, 0.4) is 0 Å². The first kappa shape index (κ1) is 14.2. The van der Waals surface area contributed by atoms with Gasteiger partial charge in [-0.05, 0) is 37.0 Å². The van der Waals surface area contributed by atoms with Gasteiger partial charge in [0, 0.05) is 32.6 Å².